The molecule has 94 valence electrons. The molecule has 0 saturated heterocycles. The van der Waals surface area contributed by atoms with Crippen molar-refractivity contribution in [3.63, 3.8) is 0 Å². The molecule has 0 rings (SSSR count). The Hall–Kier alpha value is -0.280. The van der Waals surface area contributed by atoms with E-state index in [9.17, 15) is 0 Å². The first-order valence-electron chi connectivity index (χ1n) is 4.95. The molecule has 3 N–H and O–H groups in total. The smallest absolute Gasteiger partial charge is 0.284 e. The van der Waals surface area contributed by atoms with E-state index < -0.39 is 14.3 Å². The Kier molecular flexibility index (Phi) is 7.00. The molecule has 0 aliphatic carbocycles. The first kappa shape index (κ1) is 15.7. The van der Waals surface area contributed by atoms with Gasteiger partial charge in [0.2, 0.25) is 8.53 Å². The summed E-state index contributed by atoms with van der Waals surface area (Å²) in [7, 11) is -2.03. The average molecular weight is 250 g/mol. The van der Waals surface area contributed by atoms with Gasteiger partial charge in [0.15, 0.2) is 0 Å². The molecule has 0 amide bonds. The maximum absolute atomic E-state index is 9.09. The Labute approximate surface area is 97.3 Å². The second kappa shape index (κ2) is 7.13. The van der Waals surface area contributed by atoms with Crippen molar-refractivity contribution >= 4 is 8.53 Å². The fourth-order valence-corrected chi connectivity index (χ4v) is 1.40. The summed E-state index contributed by atoms with van der Waals surface area (Å²) < 4.78 is 15.6. The summed E-state index contributed by atoms with van der Waals surface area (Å²) in [4.78, 5) is 8.88. The van der Waals surface area contributed by atoms with Crippen molar-refractivity contribution in [3.8, 4) is 6.07 Å². The van der Waals surface area contributed by atoms with Crippen molar-refractivity contribution in [3.05, 3.63) is 0 Å². The number of nitrogens with zero attached hydrogens (tertiary/aromatic N) is 1. The zero-order valence-corrected chi connectivity index (χ0v) is 10.9. The maximum Gasteiger partial charge on any atom is 0.284 e. The highest BCUT2D eigenvalue weighted by molar-refractivity contribution is 7.43. The van der Waals surface area contributed by atoms with Gasteiger partial charge in [-0.05, 0) is 27.7 Å². The van der Waals surface area contributed by atoms with Crippen LogP contribution in [0, 0.1) is 11.3 Å². The van der Waals surface area contributed by atoms with E-state index in [0.29, 0.717) is 0 Å². The van der Waals surface area contributed by atoms with Gasteiger partial charge in [-0.3, -0.25) is 5.50 Å². The van der Waals surface area contributed by atoms with E-state index in [2.05, 4.69) is 0 Å². The van der Waals surface area contributed by atoms with Gasteiger partial charge in [-0.1, -0.05) is 0 Å². The van der Waals surface area contributed by atoms with E-state index in [4.69, 9.17) is 29.7 Å². The van der Waals surface area contributed by atoms with Crippen LogP contribution in [0.25, 0.3) is 0 Å². The Morgan fingerprint density at radius 2 is 1.75 bits per heavy atom. The van der Waals surface area contributed by atoms with Crippen LogP contribution in [-0.4, -0.2) is 29.5 Å². The molecule has 0 aromatic rings. The molecule has 0 fully saturated rings. The summed E-state index contributed by atoms with van der Waals surface area (Å²) in [5.41, 5.74) is 5.09. The highest BCUT2D eigenvalue weighted by Gasteiger charge is 2.36. The largest absolute Gasteiger partial charge is 0.338 e. The molecule has 0 heterocycles. The van der Waals surface area contributed by atoms with Crippen LogP contribution in [0.1, 0.15) is 27.7 Å². The number of nitriles is 1. The molecule has 0 spiro atoms. The third kappa shape index (κ3) is 6.33. The molecule has 0 radical (unpaired) electrons. The van der Waals surface area contributed by atoms with Crippen molar-refractivity contribution in [1.29, 1.82) is 5.26 Å². The van der Waals surface area contributed by atoms with Crippen LogP contribution < -0.4 is 5.50 Å². The van der Waals surface area contributed by atoms with Gasteiger partial charge in [0.25, 0.3) is 5.79 Å². The molecule has 0 bridgehead atoms. The molecule has 16 heavy (non-hydrogen) atoms. The Bertz CT molecular complexity index is 230. The monoisotopic (exact) mass is 250 g/mol. The lowest BCUT2D eigenvalue weighted by Gasteiger charge is -2.30. The fourth-order valence-electron chi connectivity index (χ4n) is 1.09. The van der Waals surface area contributed by atoms with Crippen molar-refractivity contribution in [1.82, 2.24) is 0 Å². The molecule has 0 aliphatic rings. The van der Waals surface area contributed by atoms with Crippen molar-refractivity contribution in [2.45, 2.75) is 45.7 Å². The summed E-state index contributed by atoms with van der Waals surface area (Å²) >= 11 is 0. The number of rotatable bonds is 7. The Morgan fingerprint density at radius 3 is 2.00 bits per heavy atom. The van der Waals surface area contributed by atoms with E-state index in [1.807, 2.05) is 6.07 Å². The van der Waals surface area contributed by atoms with Crippen LogP contribution in [0.15, 0.2) is 0 Å². The molecule has 0 saturated carbocycles. The third-order valence-corrected chi connectivity index (χ3v) is 1.80. The summed E-state index contributed by atoms with van der Waals surface area (Å²) in [5.74, 6) is -1.52. The molecule has 1 unspecified atom stereocenters. The summed E-state index contributed by atoms with van der Waals surface area (Å²) in [6.45, 7) is 6.89. The molecule has 0 aromatic heterocycles. The van der Waals surface area contributed by atoms with Gasteiger partial charge in [-0.15, -0.1) is 0 Å². The van der Waals surface area contributed by atoms with Gasteiger partial charge in [0, 0.05) is 0 Å². The van der Waals surface area contributed by atoms with Crippen LogP contribution >= 0.6 is 8.53 Å². The summed E-state index contributed by atoms with van der Waals surface area (Å²) in [6.07, 6.45) is -0.408. The minimum Gasteiger partial charge on any atom is -0.338 e. The zero-order chi connectivity index (χ0) is 12.8. The Morgan fingerprint density at radius 1 is 1.31 bits per heavy atom. The quantitative estimate of drug-likeness (QED) is 0.521. The van der Waals surface area contributed by atoms with Crippen molar-refractivity contribution in [2.75, 3.05) is 6.61 Å². The second-order valence-electron chi connectivity index (χ2n) is 3.77. The first-order valence-corrected chi connectivity index (χ1v) is 6.23. The number of ether oxygens (including phenoxy) is 2. The van der Waals surface area contributed by atoms with Crippen LogP contribution in [-0.2, 0) is 14.0 Å². The minimum absolute atomic E-state index is 0.204. The number of hydrogen-bond donors (Lipinski definition) is 2. The minimum atomic E-state index is -2.03. The van der Waals surface area contributed by atoms with Crippen LogP contribution in [0.2, 0.25) is 0 Å². The van der Waals surface area contributed by atoms with Gasteiger partial charge >= 0.3 is 0 Å². The summed E-state index contributed by atoms with van der Waals surface area (Å²) in [5, 5.41) is 9.09. The Balaban J connectivity index is 4.61. The lowest BCUT2D eigenvalue weighted by Crippen LogP contribution is -2.43. The molecule has 6 nitrogen and oxygen atoms in total. The molecular formula is C9H19N2O4P. The van der Waals surface area contributed by atoms with Gasteiger partial charge in [-0.2, -0.15) is 5.26 Å². The van der Waals surface area contributed by atoms with Gasteiger partial charge in [0.05, 0.1) is 12.2 Å². The normalized spacial score (nSPS) is 14.2. The van der Waals surface area contributed by atoms with E-state index >= 15 is 0 Å². The lowest BCUT2D eigenvalue weighted by molar-refractivity contribution is -0.245. The highest BCUT2D eigenvalue weighted by Crippen LogP contribution is 2.26. The molecular weight excluding hydrogens is 231 g/mol. The van der Waals surface area contributed by atoms with Crippen molar-refractivity contribution in [2.24, 2.45) is 5.50 Å². The zero-order valence-electron chi connectivity index (χ0n) is 10.0. The standard InChI is InChI=1S/C9H19N2O4P/c1-7(2)14-9(5-10,15-8(3)4)6-13-16(11)12/h7-8,12H,6,11H2,1-4H3. The second-order valence-corrected chi connectivity index (χ2v) is 4.64. The van der Waals surface area contributed by atoms with Crippen LogP contribution in [0.3, 0.4) is 0 Å². The average Bonchev–Trinajstić information content (AvgIpc) is 2.12. The van der Waals surface area contributed by atoms with Gasteiger partial charge < -0.3 is 18.9 Å². The molecule has 1 atom stereocenters. The topological polar surface area (TPSA) is 97.7 Å². The van der Waals surface area contributed by atoms with Gasteiger partial charge in [-0.25, -0.2) is 0 Å². The van der Waals surface area contributed by atoms with E-state index in [1.165, 1.54) is 0 Å². The first-order chi connectivity index (χ1) is 7.31. The molecule has 0 aliphatic heterocycles. The third-order valence-electron chi connectivity index (χ3n) is 1.41. The molecule has 0 aromatic carbocycles. The van der Waals surface area contributed by atoms with Crippen molar-refractivity contribution < 1.29 is 18.9 Å². The van der Waals surface area contributed by atoms with E-state index in [1.54, 1.807) is 27.7 Å². The fraction of sp³-hybridized carbons (Fsp3) is 0.889. The molecule has 7 heteroatoms. The van der Waals surface area contributed by atoms with Gasteiger partial charge in [0.1, 0.15) is 12.7 Å². The lowest BCUT2D eigenvalue weighted by atomic mass is 10.3. The maximum atomic E-state index is 9.09. The van der Waals surface area contributed by atoms with Crippen LogP contribution in [0.4, 0.5) is 0 Å². The number of nitrogens with two attached hydrogens (primary N) is 1. The highest BCUT2D eigenvalue weighted by atomic mass is 31.2. The predicted octanol–water partition coefficient (Wildman–Crippen LogP) is 1.25. The number of hydrogen-bond acceptors (Lipinski definition) is 6. The van der Waals surface area contributed by atoms with E-state index in [-0.39, 0.29) is 18.8 Å². The van der Waals surface area contributed by atoms with E-state index in [0.717, 1.165) is 0 Å². The SMILES string of the molecule is CC(C)OC(C#N)(COP(N)O)OC(C)C. The van der Waals surface area contributed by atoms with Crippen LogP contribution in [0.5, 0.6) is 0 Å². The predicted molar refractivity (Wildman–Crippen MR) is 60.1 cm³/mol. The summed E-state index contributed by atoms with van der Waals surface area (Å²) in [6, 6.07) is 1.91.